The number of imidazole rings is 1. The van der Waals surface area contributed by atoms with Crippen LogP contribution in [0.2, 0.25) is 0 Å². The lowest BCUT2D eigenvalue weighted by atomic mass is 9.89. The third-order valence-corrected chi connectivity index (χ3v) is 5.35. The molecule has 1 amide bonds. The fourth-order valence-electron chi connectivity index (χ4n) is 3.87. The maximum Gasteiger partial charge on any atom is 0.224 e. The highest BCUT2D eigenvalue weighted by molar-refractivity contribution is 5.93. The standard InChI is InChI=1S/C23H25N3O/c27-23-12-10-20-15-19(9-11-22(20)25-23)21(16-26-14-13-24-17-26)8-4-7-18-5-2-1-3-6-18/h1-3,5-6,9,11,13-15,17,21H,4,7-8,10,12,16H2,(H,25,27). The van der Waals surface area contributed by atoms with Crippen molar-refractivity contribution in [3.8, 4) is 0 Å². The molecule has 0 saturated heterocycles. The number of aromatic nitrogens is 2. The number of aryl methyl sites for hydroxylation is 2. The van der Waals surface area contributed by atoms with E-state index in [-0.39, 0.29) is 5.91 Å². The molecule has 1 unspecified atom stereocenters. The second-order valence-electron chi connectivity index (χ2n) is 7.30. The number of rotatable bonds is 7. The third kappa shape index (κ3) is 4.45. The van der Waals surface area contributed by atoms with E-state index in [9.17, 15) is 4.79 Å². The summed E-state index contributed by atoms with van der Waals surface area (Å²) in [5, 5.41) is 2.98. The largest absolute Gasteiger partial charge is 0.337 e. The molecule has 1 atom stereocenters. The molecule has 2 aromatic carbocycles. The monoisotopic (exact) mass is 359 g/mol. The van der Waals surface area contributed by atoms with E-state index in [4.69, 9.17) is 0 Å². The van der Waals surface area contributed by atoms with Crippen molar-refractivity contribution in [2.75, 3.05) is 5.32 Å². The van der Waals surface area contributed by atoms with E-state index < -0.39 is 0 Å². The molecular weight excluding hydrogens is 334 g/mol. The average Bonchev–Trinajstić information content (AvgIpc) is 3.21. The van der Waals surface area contributed by atoms with E-state index in [1.54, 1.807) is 0 Å². The Labute approximate surface area is 160 Å². The topological polar surface area (TPSA) is 46.9 Å². The predicted molar refractivity (Wildman–Crippen MR) is 108 cm³/mol. The number of anilines is 1. The van der Waals surface area contributed by atoms with Gasteiger partial charge in [-0.1, -0.05) is 42.5 Å². The highest BCUT2D eigenvalue weighted by atomic mass is 16.1. The first-order chi connectivity index (χ1) is 13.3. The summed E-state index contributed by atoms with van der Waals surface area (Å²) in [5.41, 5.74) is 4.98. The number of nitrogens with one attached hydrogen (secondary N) is 1. The van der Waals surface area contributed by atoms with E-state index in [2.05, 4.69) is 63.4 Å². The smallest absolute Gasteiger partial charge is 0.224 e. The Morgan fingerprint density at radius 1 is 1.11 bits per heavy atom. The van der Waals surface area contributed by atoms with Crippen molar-refractivity contribution < 1.29 is 4.79 Å². The van der Waals surface area contributed by atoms with Crippen molar-refractivity contribution in [3.63, 3.8) is 0 Å². The number of carbonyl (C=O) groups excluding carboxylic acids is 1. The highest BCUT2D eigenvalue weighted by Gasteiger charge is 2.18. The first kappa shape index (κ1) is 17.5. The molecule has 0 aliphatic carbocycles. The van der Waals surface area contributed by atoms with Crippen LogP contribution in [0.4, 0.5) is 5.69 Å². The lowest BCUT2D eigenvalue weighted by molar-refractivity contribution is -0.116. The van der Waals surface area contributed by atoms with Crippen LogP contribution in [0.25, 0.3) is 0 Å². The van der Waals surface area contributed by atoms with Gasteiger partial charge in [-0.3, -0.25) is 4.79 Å². The molecular formula is C23H25N3O. The van der Waals surface area contributed by atoms with Crippen LogP contribution in [0.15, 0.2) is 67.3 Å². The summed E-state index contributed by atoms with van der Waals surface area (Å²) in [5.74, 6) is 0.555. The van der Waals surface area contributed by atoms with Crippen LogP contribution in [0.3, 0.4) is 0 Å². The Balaban J connectivity index is 1.50. The highest BCUT2D eigenvalue weighted by Crippen LogP contribution is 2.30. The zero-order valence-electron chi connectivity index (χ0n) is 15.5. The number of hydrogen-bond donors (Lipinski definition) is 1. The van der Waals surface area contributed by atoms with Crippen LogP contribution in [-0.2, 0) is 24.2 Å². The average molecular weight is 359 g/mol. The molecule has 0 bridgehead atoms. The van der Waals surface area contributed by atoms with Crippen molar-refractivity contribution in [2.45, 2.75) is 44.6 Å². The number of fused-ring (bicyclic) bond motifs is 1. The summed E-state index contributed by atoms with van der Waals surface area (Å²) < 4.78 is 2.16. The summed E-state index contributed by atoms with van der Waals surface area (Å²) in [6.07, 6.45) is 10.5. The first-order valence-electron chi connectivity index (χ1n) is 9.70. The Kier molecular flexibility index (Phi) is 5.33. The molecule has 4 rings (SSSR count). The van der Waals surface area contributed by atoms with Crippen molar-refractivity contribution in [3.05, 3.63) is 83.9 Å². The minimum absolute atomic E-state index is 0.119. The van der Waals surface area contributed by atoms with Crippen LogP contribution < -0.4 is 5.32 Å². The van der Waals surface area contributed by atoms with E-state index in [0.717, 1.165) is 37.9 Å². The summed E-state index contributed by atoms with van der Waals surface area (Å²) in [6.45, 7) is 0.930. The summed E-state index contributed by atoms with van der Waals surface area (Å²) in [6, 6.07) is 17.2. The Bertz CT molecular complexity index is 887. The van der Waals surface area contributed by atoms with Gasteiger partial charge in [-0.2, -0.15) is 0 Å². The maximum absolute atomic E-state index is 11.6. The van der Waals surface area contributed by atoms with Gasteiger partial charge in [0.05, 0.1) is 6.33 Å². The molecule has 4 nitrogen and oxygen atoms in total. The number of carbonyl (C=O) groups is 1. The van der Waals surface area contributed by atoms with E-state index in [0.29, 0.717) is 12.3 Å². The fourth-order valence-corrected chi connectivity index (χ4v) is 3.87. The van der Waals surface area contributed by atoms with Crippen LogP contribution in [-0.4, -0.2) is 15.5 Å². The molecule has 0 saturated carbocycles. The number of benzene rings is 2. The summed E-state index contributed by atoms with van der Waals surface area (Å²) in [4.78, 5) is 15.8. The molecule has 0 fully saturated rings. The van der Waals surface area contributed by atoms with Gasteiger partial charge in [0.2, 0.25) is 5.91 Å². The molecule has 1 aliphatic heterocycles. The molecule has 3 aromatic rings. The quantitative estimate of drug-likeness (QED) is 0.671. The lowest BCUT2D eigenvalue weighted by Gasteiger charge is -2.22. The van der Waals surface area contributed by atoms with Gasteiger partial charge in [-0.15, -0.1) is 0 Å². The molecule has 1 aromatic heterocycles. The van der Waals surface area contributed by atoms with Crippen molar-refractivity contribution in [2.24, 2.45) is 0 Å². The van der Waals surface area contributed by atoms with Gasteiger partial charge in [0.25, 0.3) is 0 Å². The molecule has 4 heteroatoms. The van der Waals surface area contributed by atoms with Crippen LogP contribution in [0.5, 0.6) is 0 Å². The van der Waals surface area contributed by atoms with Crippen molar-refractivity contribution in [1.82, 2.24) is 9.55 Å². The van der Waals surface area contributed by atoms with E-state index in [1.165, 1.54) is 16.7 Å². The Morgan fingerprint density at radius 2 is 2.00 bits per heavy atom. The maximum atomic E-state index is 11.6. The molecule has 1 aliphatic rings. The minimum atomic E-state index is 0.119. The number of amides is 1. The van der Waals surface area contributed by atoms with E-state index in [1.807, 2.05) is 18.7 Å². The molecule has 2 heterocycles. The molecule has 27 heavy (non-hydrogen) atoms. The van der Waals surface area contributed by atoms with Crippen molar-refractivity contribution in [1.29, 1.82) is 0 Å². The molecule has 138 valence electrons. The lowest BCUT2D eigenvalue weighted by Crippen LogP contribution is -2.19. The first-order valence-corrected chi connectivity index (χ1v) is 9.70. The minimum Gasteiger partial charge on any atom is -0.337 e. The van der Waals surface area contributed by atoms with Gasteiger partial charge in [0.1, 0.15) is 0 Å². The van der Waals surface area contributed by atoms with Crippen molar-refractivity contribution >= 4 is 11.6 Å². The zero-order chi connectivity index (χ0) is 18.5. The van der Waals surface area contributed by atoms with E-state index >= 15 is 0 Å². The second kappa shape index (κ2) is 8.21. The van der Waals surface area contributed by atoms with Crippen LogP contribution >= 0.6 is 0 Å². The zero-order valence-corrected chi connectivity index (χ0v) is 15.5. The molecule has 1 N–H and O–H groups in total. The third-order valence-electron chi connectivity index (χ3n) is 5.35. The normalized spacial score (nSPS) is 14.4. The van der Waals surface area contributed by atoms with Crippen LogP contribution in [0.1, 0.15) is 41.9 Å². The van der Waals surface area contributed by atoms with Gasteiger partial charge in [-0.05, 0) is 48.4 Å². The SMILES string of the molecule is O=C1CCc2cc(C(CCCc3ccccc3)Cn3ccnc3)ccc2N1. The second-order valence-corrected chi connectivity index (χ2v) is 7.30. The Hall–Kier alpha value is -2.88. The van der Waals surface area contributed by atoms with Gasteiger partial charge >= 0.3 is 0 Å². The van der Waals surface area contributed by atoms with Gasteiger partial charge in [0.15, 0.2) is 0 Å². The molecule has 0 radical (unpaired) electrons. The van der Waals surface area contributed by atoms with Gasteiger partial charge < -0.3 is 9.88 Å². The summed E-state index contributed by atoms with van der Waals surface area (Å²) in [7, 11) is 0. The predicted octanol–water partition coefficient (Wildman–Crippen LogP) is 4.57. The van der Waals surface area contributed by atoms with Crippen LogP contribution in [0, 0.1) is 0 Å². The number of nitrogens with zero attached hydrogens (tertiary/aromatic N) is 2. The van der Waals surface area contributed by atoms with Gasteiger partial charge in [0, 0.05) is 37.0 Å². The summed E-state index contributed by atoms with van der Waals surface area (Å²) >= 11 is 0. The van der Waals surface area contributed by atoms with Gasteiger partial charge in [-0.25, -0.2) is 4.98 Å². The number of hydrogen-bond acceptors (Lipinski definition) is 2. The molecule has 0 spiro atoms. The fraction of sp³-hybridized carbons (Fsp3) is 0.304. The Morgan fingerprint density at radius 3 is 2.81 bits per heavy atom.